The van der Waals surface area contributed by atoms with Crippen LogP contribution < -0.4 is 10.2 Å². The molecule has 0 unspecified atom stereocenters. The summed E-state index contributed by atoms with van der Waals surface area (Å²) in [6.07, 6.45) is 0. The molecule has 4 nitrogen and oxygen atoms in total. The van der Waals surface area contributed by atoms with Gasteiger partial charge < -0.3 is 10.2 Å². The lowest BCUT2D eigenvalue weighted by molar-refractivity contribution is -0.125. The van der Waals surface area contributed by atoms with Crippen molar-refractivity contribution < 1.29 is 9.59 Å². The van der Waals surface area contributed by atoms with E-state index in [2.05, 4.69) is 5.32 Å². The summed E-state index contributed by atoms with van der Waals surface area (Å²) < 4.78 is 0. The zero-order valence-corrected chi connectivity index (χ0v) is 10.8. The quantitative estimate of drug-likeness (QED) is 0.852. The summed E-state index contributed by atoms with van der Waals surface area (Å²) in [6, 6.07) is 2.49. The summed E-state index contributed by atoms with van der Waals surface area (Å²) in [7, 11) is 1.60. The number of likely N-dealkylation sites (N-methyl/N-ethyl adjacent to an activating group) is 1. The summed E-state index contributed by atoms with van der Waals surface area (Å²) in [5.41, 5.74) is 1.12. The van der Waals surface area contributed by atoms with Crippen LogP contribution in [0.3, 0.4) is 0 Å². The average Bonchev–Trinajstić information content (AvgIpc) is 2.49. The highest BCUT2D eigenvalue weighted by Crippen LogP contribution is 2.43. The van der Waals surface area contributed by atoms with E-state index in [4.69, 9.17) is 23.2 Å². The van der Waals surface area contributed by atoms with Crippen molar-refractivity contribution in [1.29, 1.82) is 0 Å². The van der Waals surface area contributed by atoms with Crippen molar-refractivity contribution in [2.75, 3.05) is 11.9 Å². The maximum atomic E-state index is 12.0. The van der Waals surface area contributed by atoms with Crippen molar-refractivity contribution in [3.63, 3.8) is 0 Å². The Kier molecular flexibility index (Phi) is 3.02. The predicted octanol–water partition coefficient (Wildman–Crippen LogP) is 2.15. The summed E-state index contributed by atoms with van der Waals surface area (Å²) in [5, 5.41) is 3.43. The molecule has 0 radical (unpaired) electrons. The monoisotopic (exact) mass is 272 g/mol. The Labute approximate surface area is 108 Å². The van der Waals surface area contributed by atoms with Crippen LogP contribution in [-0.2, 0) is 9.59 Å². The molecule has 1 aromatic carbocycles. The van der Waals surface area contributed by atoms with Crippen LogP contribution in [0.25, 0.3) is 0 Å². The molecule has 0 saturated carbocycles. The van der Waals surface area contributed by atoms with Gasteiger partial charge in [-0.2, -0.15) is 0 Å². The first kappa shape index (κ1) is 12.2. The standard InChI is InChI=1S/C11H10Cl2N2O2/c1-5(16)14-9-8-6(12)3-4-7(13)10(8)15(2)11(9)17/h3-4,9H,1-2H3,(H,14,16)/t9-/m0/s1. The van der Waals surface area contributed by atoms with E-state index in [1.807, 2.05) is 0 Å². The number of carbonyl (C=O) groups is 2. The first-order valence-electron chi connectivity index (χ1n) is 4.96. The average molecular weight is 273 g/mol. The van der Waals surface area contributed by atoms with Gasteiger partial charge in [0.1, 0.15) is 6.04 Å². The predicted molar refractivity (Wildman–Crippen MR) is 66.4 cm³/mol. The van der Waals surface area contributed by atoms with Gasteiger partial charge in [0.05, 0.1) is 10.7 Å². The fourth-order valence-corrected chi connectivity index (χ4v) is 2.49. The second kappa shape index (κ2) is 4.20. The minimum atomic E-state index is -0.751. The van der Waals surface area contributed by atoms with Crippen molar-refractivity contribution in [3.05, 3.63) is 27.7 Å². The van der Waals surface area contributed by atoms with E-state index in [0.717, 1.165) is 0 Å². The zero-order valence-electron chi connectivity index (χ0n) is 9.25. The molecule has 1 heterocycles. The number of nitrogens with zero attached hydrogens (tertiary/aromatic N) is 1. The molecule has 1 aliphatic heterocycles. The third-order valence-electron chi connectivity index (χ3n) is 2.66. The number of hydrogen-bond donors (Lipinski definition) is 1. The van der Waals surface area contributed by atoms with Crippen LogP contribution in [0.15, 0.2) is 12.1 Å². The number of fused-ring (bicyclic) bond motifs is 1. The smallest absolute Gasteiger partial charge is 0.254 e. The Balaban J connectivity index is 2.59. The SMILES string of the molecule is CC(=O)N[C@@H]1C(=O)N(C)c2c(Cl)ccc(Cl)c21. The fourth-order valence-electron chi connectivity index (χ4n) is 1.94. The van der Waals surface area contributed by atoms with Gasteiger partial charge in [-0.15, -0.1) is 0 Å². The Morgan fingerprint density at radius 1 is 1.35 bits per heavy atom. The van der Waals surface area contributed by atoms with E-state index < -0.39 is 6.04 Å². The zero-order chi connectivity index (χ0) is 12.7. The van der Waals surface area contributed by atoms with Crippen molar-refractivity contribution in [1.82, 2.24) is 5.32 Å². The van der Waals surface area contributed by atoms with Gasteiger partial charge in [0, 0.05) is 24.6 Å². The first-order valence-corrected chi connectivity index (χ1v) is 5.71. The minimum absolute atomic E-state index is 0.245. The van der Waals surface area contributed by atoms with Gasteiger partial charge in [-0.3, -0.25) is 9.59 Å². The molecule has 0 aliphatic carbocycles. The lowest BCUT2D eigenvalue weighted by Gasteiger charge is -2.11. The van der Waals surface area contributed by atoms with Crippen LogP contribution in [0.5, 0.6) is 0 Å². The third-order valence-corrected chi connectivity index (χ3v) is 3.30. The molecule has 17 heavy (non-hydrogen) atoms. The van der Waals surface area contributed by atoms with Gasteiger partial charge >= 0.3 is 0 Å². The molecule has 2 rings (SSSR count). The number of anilines is 1. The highest BCUT2D eigenvalue weighted by Gasteiger charge is 2.38. The molecule has 1 N–H and O–H groups in total. The van der Waals surface area contributed by atoms with Gasteiger partial charge in [0.15, 0.2) is 0 Å². The van der Waals surface area contributed by atoms with Crippen LogP contribution in [-0.4, -0.2) is 18.9 Å². The number of hydrogen-bond acceptors (Lipinski definition) is 2. The molecule has 1 aromatic rings. The maximum absolute atomic E-state index is 12.0. The normalized spacial score (nSPS) is 18.2. The van der Waals surface area contributed by atoms with E-state index in [1.165, 1.54) is 11.8 Å². The van der Waals surface area contributed by atoms with Crippen molar-refractivity contribution in [2.24, 2.45) is 0 Å². The second-order valence-electron chi connectivity index (χ2n) is 3.82. The molecule has 6 heteroatoms. The Morgan fingerprint density at radius 3 is 2.53 bits per heavy atom. The van der Waals surface area contributed by atoms with Gasteiger partial charge in [-0.05, 0) is 12.1 Å². The van der Waals surface area contributed by atoms with Crippen LogP contribution in [0.1, 0.15) is 18.5 Å². The number of halogens is 2. The molecule has 1 atom stereocenters. The minimum Gasteiger partial charge on any atom is -0.341 e. The van der Waals surface area contributed by atoms with E-state index >= 15 is 0 Å². The molecule has 0 spiro atoms. The van der Waals surface area contributed by atoms with Crippen LogP contribution >= 0.6 is 23.2 Å². The largest absolute Gasteiger partial charge is 0.341 e. The molecule has 2 amide bonds. The van der Waals surface area contributed by atoms with Gasteiger partial charge in [0.25, 0.3) is 5.91 Å². The molecular formula is C11H10Cl2N2O2. The van der Waals surface area contributed by atoms with Crippen molar-refractivity contribution >= 4 is 40.7 Å². The van der Waals surface area contributed by atoms with Crippen LogP contribution in [0.2, 0.25) is 10.0 Å². The third kappa shape index (κ3) is 1.87. The Hall–Kier alpha value is -1.26. The van der Waals surface area contributed by atoms with Gasteiger partial charge in [-0.1, -0.05) is 23.2 Å². The first-order chi connectivity index (χ1) is 7.93. The maximum Gasteiger partial charge on any atom is 0.254 e. The van der Waals surface area contributed by atoms with E-state index in [-0.39, 0.29) is 11.8 Å². The number of amides is 2. The fraction of sp³-hybridized carbons (Fsp3) is 0.273. The molecule has 0 fully saturated rings. The molecule has 0 aromatic heterocycles. The number of rotatable bonds is 1. The van der Waals surface area contributed by atoms with Gasteiger partial charge in [-0.25, -0.2) is 0 Å². The van der Waals surface area contributed by atoms with E-state index in [1.54, 1.807) is 19.2 Å². The topological polar surface area (TPSA) is 49.4 Å². The van der Waals surface area contributed by atoms with Crippen molar-refractivity contribution in [3.8, 4) is 0 Å². The summed E-state index contributed by atoms with van der Waals surface area (Å²) in [6.45, 7) is 1.35. The second-order valence-corrected chi connectivity index (χ2v) is 4.64. The molecule has 0 saturated heterocycles. The molecule has 0 bridgehead atoms. The van der Waals surface area contributed by atoms with E-state index in [9.17, 15) is 9.59 Å². The Bertz CT molecular complexity index is 516. The molecule has 1 aliphatic rings. The highest BCUT2D eigenvalue weighted by atomic mass is 35.5. The van der Waals surface area contributed by atoms with Crippen molar-refractivity contribution in [2.45, 2.75) is 13.0 Å². The summed E-state index contributed by atoms with van der Waals surface area (Å²) in [5.74, 6) is -0.536. The molecule has 90 valence electrons. The number of carbonyl (C=O) groups excluding carboxylic acids is 2. The highest BCUT2D eigenvalue weighted by molar-refractivity contribution is 6.38. The van der Waals surface area contributed by atoms with Crippen LogP contribution in [0.4, 0.5) is 5.69 Å². The van der Waals surface area contributed by atoms with Gasteiger partial charge in [0.2, 0.25) is 5.91 Å². The lowest BCUT2D eigenvalue weighted by Crippen LogP contribution is -2.34. The lowest BCUT2D eigenvalue weighted by atomic mass is 10.1. The molecular weight excluding hydrogens is 263 g/mol. The summed E-state index contributed by atoms with van der Waals surface area (Å²) >= 11 is 12.1. The van der Waals surface area contributed by atoms with E-state index in [0.29, 0.717) is 21.3 Å². The van der Waals surface area contributed by atoms with Crippen LogP contribution in [0, 0.1) is 0 Å². The Morgan fingerprint density at radius 2 is 1.94 bits per heavy atom. The number of nitrogens with one attached hydrogen (secondary N) is 1. The summed E-state index contributed by atoms with van der Waals surface area (Å²) in [4.78, 5) is 24.5. The number of benzene rings is 1.